The molecule has 0 aromatic carbocycles. The van der Waals surface area contributed by atoms with Crippen molar-refractivity contribution in [3.05, 3.63) is 59.6 Å². The van der Waals surface area contributed by atoms with Crippen LogP contribution >= 0.6 is 0 Å². The van der Waals surface area contributed by atoms with Gasteiger partial charge in [0.25, 0.3) is 0 Å². The Morgan fingerprint density at radius 2 is 1.90 bits per heavy atom. The second-order valence-corrected chi connectivity index (χ2v) is 7.38. The molecule has 2 aromatic heterocycles. The van der Waals surface area contributed by atoms with Gasteiger partial charge in [-0.15, -0.1) is 0 Å². The number of carbonyl (C=O) groups excluding carboxylic acids is 1. The van der Waals surface area contributed by atoms with Gasteiger partial charge in [0, 0.05) is 42.6 Å². The molecular formula is C21H28FN7O. The van der Waals surface area contributed by atoms with Crippen LogP contribution in [0, 0.1) is 5.82 Å². The molecule has 30 heavy (non-hydrogen) atoms. The van der Waals surface area contributed by atoms with Crippen molar-refractivity contribution in [1.29, 1.82) is 0 Å². The van der Waals surface area contributed by atoms with Crippen LogP contribution < -0.4 is 16.0 Å². The zero-order valence-electron chi connectivity index (χ0n) is 18.0. The number of aromatic nitrogens is 3. The first-order valence-corrected chi connectivity index (χ1v) is 9.56. The smallest absolute Gasteiger partial charge is 0.234 e. The van der Waals surface area contributed by atoms with E-state index in [2.05, 4.69) is 35.9 Å². The number of aliphatic imine (C=N–C) groups is 1. The first kappa shape index (κ1) is 23.1. The number of hydrogen-bond donors (Lipinski definition) is 3. The molecule has 1 amide bonds. The van der Waals surface area contributed by atoms with E-state index in [1.54, 1.807) is 37.9 Å². The number of rotatable bonds is 9. The zero-order chi connectivity index (χ0) is 22.1. The number of carbonyl (C=O) groups is 1. The van der Waals surface area contributed by atoms with Crippen LogP contribution in [0.1, 0.15) is 39.0 Å². The molecule has 0 unspecified atom stereocenters. The van der Waals surface area contributed by atoms with Crippen molar-refractivity contribution in [3.63, 3.8) is 0 Å². The van der Waals surface area contributed by atoms with Gasteiger partial charge in [-0.1, -0.05) is 0 Å². The topological polar surface area (TPSA) is 104 Å². The van der Waals surface area contributed by atoms with E-state index in [-0.39, 0.29) is 24.0 Å². The van der Waals surface area contributed by atoms with Crippen molar-refractivity contribution in [1.82, 2.24) is 25.6 Å². The van der Waals surface area contributed by atoms with E-state index < -0.39 is 5.54 Å². The molecule has 0 spiro atoms. The second kappa shape index (κ2) is 10.5. The lowest BCUT2D eigenvalue weighted by molar-refractivity contribution is -0.119. The molecule has 0 fully saturated rings. The maximum Gasteiger partial charge on any atom is 0.234 e. The van der Waals surface area contributed by atoms with Crippen molar-refractivity contribution in [2.75, 3.05) is 25.5 Å². The minimum atomic E-state index is -0.784. The van der Waals surface area contributed by atoms with Crippen LogP contribution in [0.25, 0.3) is 0 Å². The summed E-state index contributed by atoms with van der Waals surface area (Å²) in [7, 11) is 1.72. The summed E-state index contributed by atoms with van der Waals surface area (Å²) in [4.78, 5) is 28.6. The molecule has 0 saturated carbocycles. The lowest BCUT2D eigenvalue weighted by Crippen LogP contribution is -2.33. The minimum Gasteiger partial charge on any atom is -0.351 e. The van der Waals surface area contributed by atoms with E-state index in [9.17, 15) is 9.18 Å². The first-order chi connectivity index (χ1) is 14.2. The summed E-state index contributed by atoms with van der Waals surface area (Å²) in [5.41, 5.74) is 1.91. The summed E-state index contributed by atoms with van der Waals surface area (Å²) < 4.78 is 14.1. The van der Waals surface area contributed by atoms with Crippen molar-refractivity contribution >= 4 is 17.6 Å². The molecule has 0 atom stereocenters. The van der Waals surface area contributed by atoms with Gasteiger partial charge in [-0.25, -0.2) is 14.4 Å². The Labute approximate surface area is 176 Å². The maximum absolute atomic E-state index is 14.1. The highest BCUT2D eigenvalue weighted by molar-refractivity contribution is 5.98. The average Bonchev–Trinajstić information content (AvgIpc) is 2.71. The normalized spacial score (nSPS) is 12.6. The van der Waals surface area contributed by atoms with E-state index in [1.165, 1.54) is 6.07 Å². The largest absolute Gasteiger partial charge is 0.351 e. The summed E-state index contributed by atoms with van der Waals surface area (Å²) >= 11 is 0. The van der Waals surface area contributed by atoms with Crippen LogP contribution in [0.4, 0.5) is 10.3 Å². The van der Waals surface area contributed by atoms with Crippen LogP contribution in [0.3, 0.4) is 0 Å². The fourth-order valence-corrected chi connectivity index (χ4v) is 2.55. The SMILES string of the molecule is CNCC(=O)NC/C(C)=C/N=C(C)c1cnc(NC(C)(C)c2ncccc2F)nc1. The summed E-state index contributed by atoms with van der Waals surface area (Å²) in [6.45, 7) is 8.06. The van der Waals surface area contributed by atoms with Crippen LogP contribution in [-0.4, -0.2) is 46.7 Å². The molecule has 160 valence electrons. The third-order valence-electron chi connectivity index (χ3n) is 4.22. The number of likely N-dealkylation sites (N-methyl/N-ethyl adjacent to an activating group) is 1. The summed E-state index contributed by atoms with van der Waals surface area (Å²) in [6, 6.07) is 2.92. The van der Waals surface area contributed by atoms with Gasteiger partial charge in [0.05, 0.1) is 12.1 Å². The zero-order valence-corrected chi connectivity index (χ0v) is 18.0. The van der Waals surface area contributed by atoms with Gasteiger partial charge < -0.3 is 16.0 Å². The highest BCUT2D eigenvalue weighted by Gasteiger charge is 2.26. The number of halogens is 1. The Morgan fingerprint density at radius 1 is 1.20 bits per heavy atom. The molecular weight excluding hydrogens is 385 g/mol. The molecule has 0 radical (unpaired) electrons. The molecule has 0 bridgehead atoms. The van der Waals surface area contributed by atoms with Gasteiger partial charge in [-0.05, 0) is 52.4 Å². The lowest BCUT2D eigenvalue weighted by atomic mass is 9.99. The quantitative estimate of drug-likeness (QED) is 0.546. The van der Waals surface area contributed by atoms with Gasteiger partial charge >= 0.3 is 0 Å². The standard InChI is InChI=1S/C21H28FN7O/c1-14(10-26-18(30)13-23-5)9-25-15(2)16-11-27-20(28-12-16)29-21(3,4)19-17(22)7-6-8-24-19/h6-9,11-12,23H,10,13H2,1-5H3,(H,26,30)(H,27,28,29)/b14-9+,25-15?. The molecule has 0 saturated heterocycles. The maximum atomic E-state index is 14.1. The Kier molecular flexibility index (Phi) is 8.11. The Hall–Kier alpha value is -3.20. The van der Waals surface area contributed by atoms with Gasteiger partial charge in [0.15, 0.2) is 0 Å². The number of pyridine rings is 1. The van der Waals surface area contributed by atoms with Gasteiger partial charge in [-0.2, -0.15) is 0 Å². The Morgan fingerprint density at radius 3 is 2.53 bits per heavy atom. The molecule has 9 heteroatoms. The van der Waals surface area contributed by atoms with Gasteiger partial charge in [-0.3, -0.25) is 14.8 Å². The van der Waals surface area contributed by atoms with Crippen molar-refractivity contribution in [2.24, 2.45) is 4.99 Å². The lowest BCUT2D eigenvalue weighted by Gasteiger charge is -2.25. The average molecular weight is 414 g/mol. The monoisotopic (exact) mass is 413 g/mol. The molecule has 2 aromatic rings. The summed E-state index contributed by atoms with van der Waals surface area (Å²) in [5, 5.41) is 8.69. The van der Waals surface area contributed by atoms with Crippen LogP contribution in [0.2, 0.25) is 0 Å². The van der Waals surface area contributed by atoms with Crippen LogP contribution in [0.15, 0.2) is 47.5 Å². The van der Waals surface area contributed by atoms with Crippen molar-refractivity contribution in [2.45, 2.75) is 33.2 Å². The molecule has 2 rings (SSSR count). The third kappa shape index (κ3) is 6.70. The predicted octanol–water partition coefficient (Wildman–Crippen LogP) is 2.41. The molecule has 8 nitrogen and oxygen atoms in total. The predicted molar refractivity (Wildman–Crippen MR) is 116 cm³/mol. The molecule has 2 heterocycles. The fraction of sp³-hybridized carbons (Fsp3) is 0.381. The molecule has 0 aliphatic carbocycles. The number of amides is 1. The van der Waals surface area contributed by atoms with Crippen molar-refractivity contribution in [3.8, 4) is 0 Å². The highest BCUT2D eigenvalue weighted by Crippen LogP contribution is 2.24. The van der Waals surface area contributed by atoms with E-state index >= 15 is 0 Å². The molecule has 3 N–H and O–H groups in total. The van der Waals surface area contributed by atoms with Crippen LogP contribution in [-0.2, 0) is 10.3 Å². The Balaban J connectivity index is 2.02. The number of anilines is 1. The van der Waals surface area contributed by atoms with Gasteiger partial charge in [0.1, 0.15) is 11.5 Å². The molecule has 0 aliphatic rings. The number of nitrogens with zero attached hydrogens (tertiary/aromatic N) is 4. The second-order valence-electron chi connectivity index (χ2n) is 7.38. The summed E-state index contributed by atoms with van der Waals surface area (Å²) in [5.74, 6) is -0.101. The summed E-state index contributed by atoms with van der Waals surface area (Å²) in [6.07, 6.45) is 6.55. The number of hydrogen-bond acceptors (Lipinski definition) is 7. The molecule has 0 aliphatic heterocycles. The first-order valence-electron chi connectivity index (χ1n) is 9.56. The van der Waals surface area contributed by atoms with E-state index in [0.29, 0.717) is 12.5 Å². The fourth-order valence-electron chi connectivity index (χ4n) is 2.55. The van der Waals surface area contributed by atoms with E-state index in [1.807, 2.05) is 27.7 Å². The van der Waals surface area contributed by atoms with Crippen LogP contribution in [0.5, 0.6) is 0 Å². The van der Waals surface area contributed by atoms with E-state index in [4.69, 9.17) is 0 Å². The number of nitrogens with one attached hydrogen (secondary N) is 3. The third-order valence-corrected chi connectivity index (χ3v) is 4.22. The minimum absolute atomic E-state index is 0.0732. The van der Waals surface area contributed by atoms with Gasteiger partial charge in [0.2, 0.25) is 11.9 Å². The highest BCUT2D eigenvalue weighted by atomic mass is 19.1. The van der Waals surface area contributed by atoms with E-state index in [0.717, 1.165) is 16.8 Å². The Bertz CT molecular complexity index is 923. The van der Waals surface area contributed by atoms with Crippen molar-refractivity contribution < 1.29 is 9.18 Å².